The first kappa shape index (κ1) is 22.6. The van der Waals surface area contributed by atoms with Crippen LogP contribution in [-0.2, 0) is 10.2 Å². The minimum atomic E-state index is -0.180. The van der Waals surface area contributed by atoms with E-state index in [0.717, 1.165) is 46.8 Å². The van der Waals surface area contributed by atoms with Crippen LogP contribution >= 0.6 is 23.1 Å². The largest absolute Gasteiger partial charge is 0.462 e. The summed E-state index contributed by atoms with van der Waals surface area (Å²) >= 11 is 2.80. The van der Waals surface area contributed by atoms with Crippen molar-refractivity contribution < 1.29 is 9.21 Å². The summed E-state index contributed by atoms with van der Waals surface area (Å²) in [5, 5.41) is 25.9. The molecule has 0 bridgehead atoms. The SMILES string of the molecule is Cc1ccc(/C=C/C2=Cc3c(sc(NC(=O)CSc4nnnn4C4CC4)c3C#N)C(C)(C)C2)o1. The zero-order chi connectivity index (χ0) is 23.9. The third kappa shape index (κ3) is 4.58. The molecule has 174 valence electrons. The van der Waals surface area contributed by atoms with Gasteiger partial charge in [0.1, 0.15) is 22.6 Å². The molecule has 34 heavy (non-hydrogen) atoms. The van der Waals surface area contributed by atoms with Gasteiger partial charge < -0.3 is 9.73 Å². The zero-order valence-electron chi connectivity index (χ0n) is 19.2. The highest BCUT2D eigenvalue weighted by Gasteiger charge is 2.33. The maximum atomic E-state index is 12.7. The fourth-order valence-corrected chi connectivity index (χ4v) is 6.06. The van der Waals surface area contributed by atoms with Gasteiger partial charge in [-0.05, 0) is 66.5 Å². The first-order valence-electron chi connectivity index (χ1n) is 11.1. The van der Waals surface area contributed by atoms with Gasteiger partial charge in [0.2, 0.25) is 11.1 Å². The first-order chi connectivity index (χ1) is 16.3. The minimum absolute atomic E-state index is 0.164. The number of nitrogens with zero attached hydrogens (tertiary/aromatic N) is 5. The molecule has 1 N–H and O–H groups in total. The first-order valence-corrected chi connectivity index (χ1v) is 12.9. The van der Waals surface area contributed by atoms with E-state index in [1.807, 2.05) is 31.2 Å². The molecule has 1 amide bonds. The van der Waals surface area contributed by atoms with Crippen LogP contribution in [0.4, 0.5) is 5.00 Å². The molecular formula is C24H24N6O2S2. The minimum Gasteiger partial charge on any atom is -0.462 e. The molecule has 5 rings (SSSR count). The van der Waals surface area contributed by atoms with E-state index in [0.29, 0.717) is 21.8 Å². The van der Waals surface area contributed by atoms with Crippen LogP contribution in [0.25, 0.3) is 12.2 Å². The van der Waals surface area contributed by atoms with Gasteiger partial charge in [0, 0.05) is 15.9 Å². The van der Waals surface area contributed by atoms with Crippen molar-refractivity contribution in [2.75, 3.05) is 11.1 Å². The molecule has 10 heteroatoms. The maximum absolute atomic E-state index is 12.7. The number of nitrogens with one attached hydrogen (secondary N) is 1. The average molecular weight is 493 g/mol. The fraction of sp³-hybridized carbons (Fsp3) is 0.375. The van der Waals surface area contributed by atoms with E-state index in [1.54, 1.807) is 4.68 Å². The molecule has 2 aliphatic carbocycles. The van der Waals surface area contributed by atoms with E-state index in [1.165, 1.54) is 23.1 Å². The monoisotopic (exact) mass is 492 g/mol. The number of allylic oxidation sites excluding steroid dienone is 2. The molecule has 0 radical (unpaired) electrons. The Hall–Kier alpha value is -3.16. The van der Waals surface area contributed by atoms with Gasteiger partial charge in [0.25, 0.3) is 0 Å². The third-order valence-corrected chi connectivity index (χ3v) is 8.23. The fourth-order valence-electron chi connectivity index (χ4n) is 4.07. The van der Waals surface area contributed by atoms with E-state index in [-0.39, 0.29) is 17.1 Å². The second-order valence-electron chi connectivity index (χ2n) is 9.20. The van der Waals surface area contributed by atoms with Crippen molar-refractivity contribution in [1.29, 1.82) is 5.26 Å². The Bertz CT molecular complexity index is 1350. The Morgan fingerprint density at radius 1 is 1.41 bits per heavy atom. The molecule has 0 spiro atoms. The van der Waals surface area contributed by atoms with E-state index < -0.39 is 0 Å². The highest BCUT2D eigenvalue weighted by Crippen LogP contribution is 2.47. The number of hydrogen-bond donors (Lipinski definition) is 1. The number of aromatic nitrogens is 4. The van der Waals surface area contributed by atoms with Gasteiger partial charge in [-0.2, -0.15) is 5.26 Å². The number of amides is 1. The topological polar surface area (TPSA) is 110 Å². The van der Waals surface area contributed by atoms with Gasteiger partial charge in [-0.25, -0.2) is 4.68 Å². The highest BCUT2D eigenvalue weighted by atomic mass is 32.2. The number of anilines is 1. The summed E-state index contributed by atoms with van der Waals surface area (Å²) in [5.74, 6) is 1.66. The zero-order valence-corrected chi connectivity index (χ0v) is 20.8. The molecule has 0 unspecified atom stereocenters. The Kier molecular flexibility index (Phi) is 5.91. The van der Waals surface area contributed by atoms with Crippen molar-refractivity contribution in [3.63, 3.8) is 0 Å². The Morgan fingerprint density at radius 3 is 2.94 bits per heavy atom. The number of furan rings is 1. The standard InChI is InChI=1S/C24H24N6O2S2/c1-14-4-8-17(32-14)9-5-15-10-18-19(12-25)22(34-21(18)24(2,3)11-15)26-20(31)13-33-23-27-28-29-30(23)16-6-7-16/h4-5,8-10,16H,6-7,11,13H2,1-3H3,(H,26,31)/b9-5+. The normalized spacial score (nSPS) is 16.8. The van der Waals surface area contributed by atoms with Crippen LogP contribution in [-0.4, -0.2) is 31.9 Å². The molecule has 1 fully saturated rings. The van der Waals surface area contributed by atoms with Crippen molar-refractivity contribution >= 4 is 46.2 Å². The summed E-state index contributed by atoms with van der Waals surface area (Å²) in [6.07, 6.45) is 9.01. The lowest BCUT2D eigenvalue weighted by atomic mass is 9.77. The number of aryl methyl sites for hydroxylation is 1. The molecular weight excluding hydrogens is 468 g/mol. The summed E-state index contributed by atoms with van der Waals surface area (Å²) < 4.78 is 7.42. The highest BCUT2D eigenvalue weighted by molar-refractivity contribution is 7.99. The molecule has 0 aromatic carbocycles. The van der Waals surface area contributed by atoms with Crippen LogP contribution in [0.2, 0.25) is 0 Å². The van der Waals surface area contributed by atoms with Gasteiger partial charge in [-0.3, -0.25) is 4.79 Å². The number of thiophene rings is 1. The summed E-state index contributed by atoms with van der Waals surface area (Å²) in [4.78, 5) is 13.8. The van der Waals surface area contributed by atoms with Crippen LogP contribution in [0.5, 0.6) is 0 Å². The number of fused-ring (bicyclic) bond motifs is 1. The van der Waals surface area contributed by atoms with Gasteiger partial charge in [-0.15, -0.1) is 16.4 Å². The van der Waals surface area contributed by atoms with Gasteiger partial charge in [0.05, 0.1) is 17.4 Å². The number of hydrogen-bond acceptors (Lipinski definition) is 8. The maximum Gasteiger partial charge on any atom is 0.235 e. The third-order valence-electron chi connectivity index (χ3n) is 5.81. The predicted octanol–water partition coefficient (Wildman–Crippen LogP) is 5.35. The van der Waals surface area contributed by atoms with E-state index >= 15 is 0 Å². The lowest BCUT2D eigenvalue weighted by Crippen LogP contribution is -2.20. The number of thioether (sulfide) groups is 1. The van der Waals surface area contributed by atoms with Gasteiger partial charge in [-0.1, -0.05) is 31.7 Å². The van der Waals surface area contributed by atoms with E-state index in [4.69, 9.17) is 4.42 Å². The van der Waals surface area contributed by atoms with E-state index in [9.17, 15) is 10.1 Å². The predicted molar refractivity (Wildman–Crippen MR) is 133 cm³/mol. The second-order valence-corrected chi connectivity index (χ2v) is 11.2. The van der Waals surface area contributed by atoms with Gasteiger partial charge in [0.15, 0.2) is 0 Å². The average Bonchev–Trinajstić information content (AvgIpc) is 3.20. The number of carbonyl (C=O) groups excluding carboxylic acids is 1. The molecule has 8 nitrogen and oxygen atoms in total. The molecule has 2 aliphatic rings. The molecule has 0 aliphatic heterocycles. The molecule has 0 saturated heterocycles. The summed E-state index contributed by atoms with van der Waals surface area (Å²) in [6.45, 7) is 6.25. The lowest BCUT2D eigenvalue weighted by Gasteiger charge is -2.29. The molecule has 3 aromatic rings. The lowest BCUT2D eigenvalue weighted by molar-refractivity contribution is -0.113. The van der Waals surface area contributed by atoms with E-state index in [2.05, 4.69) is 46.8 Å². The summed E-state index contributed by atoms with van der Waals surface area (Å²) in [5.41, 5.74) is 2.35. The van der Waals surface area contributed by atoms with Crippen molar-refractivity contribution in [2.45, 2.75) is 56.6 Å². The van der Waals surface area contributed by atoms with Gasteiger partial charge >= 0.3 is 0 Å². The number of tetrazole rings is 1. The number of carbonyl (C=O) groups is 1. The van der Waals surface area contributed by atoms with Crippen LogP contribution < -0.4 is 5.32 Å². The Morgan fingerprint density at radius 2 is 2.24 bits per heavy atom. The Labute approximate surface area is 205 Å². The van der Waals surface area contributed by atoms with Crippen LogP contribution in [0.3, 0.4) is 0 Å². The van der Waals surface area contributed by atoms with Crippen LogP contribution in [0.15, 0.2) is 33.4 Å². The van der Waals surface area contributed by atoms with Crippen LogP contribution in [0, 0.1) is 18.3 Å². The van der Waals surface area contributed by atoms with Crippen molar-refractivity contribution in [3.8, 4) is 6.07 Å². The number of nitriles is 1. The molecule has 0 atom stereocenters. The van der Waals surface area contributed by atoms with Crippen molar-refractivity contribution in [2.24, 2.45) is 0 Å². The van der Waals surface area contributed by atoms with Crippen LogP contribution in [0.1, 0.15) is 66.7 Å². The molecule has 3 aromatic heterocycles. The quantitative estimate of drug-likeness (QED) is 0.443. The molecule has 3 heterocycles. The smallest absolute Gasteiger partial charge is 0.235 e. The van der Waals surface area contributed by atoms with Crippen molar-refractivity contribution in [3.05, 3.63) is 51.3 Å². The summed E-state index contributed by atoms with van der Waals surface area (Å²) in [6, 6.07) is 6.53. The Balaban J connectivity index is 1.34. The summed E-state index contributed by atoms with van der Waals surface area (Å²) in [7, 11) is 0. The van der Waals surface area contributed by atoms with Crippen molar-refractivity contribution in [1.82, 2.24) is 20.2 Å². The molecule has 1 saturated carbocycles. The second kappa shape index (κ2) is 8.89. The number of rotatable bonds is 7.